The Hall–Kier alpha value is -4.92. The van der Waals surface area contributed by atoms with E-state index in [1.54, 1.807) is 24.3 Å². The normalized spacial score (nSPS) is 16.4. The molecule has 4 aliphatic heterocycles. The summed E-state index contributed by atoms with van der Waals surface area (Å²) >= 11 is 0. The van der Waals surface area contributed by atoms with Gasteiger partial charge in [-0.2, -0.15) is 0 Å². The Kier molecular flexibility index (Phi) is 7.74. The molecular weight excluding hydrogens is 472 g/mol. The molecule has 0 unspecified atom stereocenters. The third-order valence-corrected chi connectivity index (χ3v) is 5.86. The summed E-state index contributed by atoms with van der Waals surface area (Å²) in [4.78, 5) is 0. The Morgan fingerprint density at radius 3 is 1.11 bits per heavy atom. The van der Waals surface area contributed by atoms with Crippen LogP contribution in [0.4, 0.5) is 0 Å². The fraction of sp³-hybridized carbons (Fsp3) is 0.118. The van der Waals surface area contributed by atoms with E-state index in [1.165, 1.54) is 0 Å². The van der Waals surface area contributed by atoms with Gasteiger partial charge in [0.05, 0.1) is 0 Å². The molecule has 4 heteroatoms. The van der Waals surface area contributed by atoms with E-state index in [4.69, 9.17) is 9.47 Å². The summed E-state index contributed by atoms with van der Waals surface area (Å²) in [5.74, 6) is 20.4. The van der Waals surface area contributed by atoms with E-state index in [9.17, 15) is 10.2 Å². The van der Waals surface area contributed by atoms with Crippen LogP contribution in [-0.4, -0.2) is 35.6 Å². The van der Waals surface area contributed by atoms with Crippen molar-refractivity contribution in [3.05, 3.63) is 130 Å². The first kappa shape index (κ1) is 24.8. The lowest BCUT2D eigenvalue weighted by Crippen LogP contribution is -2.36. The second-order valence-corrected chi connectivity index (χ2v) is 8.65. The molecular formula is C34H24O4. The standard InChI is InChI=1S/C34H24O4/c35-33-23-37-31-19-11-25(12-20-31)9-15-27-5-1-3-7-29(27)17-18-30-8-4-2-6-28(30)16-10-26-13-21-32(22-14-26)38-24-34(33)36/h1-8,11-14,19-22,33-36H,23-24H2/t33-,34-/m0/s1. The number of aliphatic hydroxyl groups is 2. The van der Waals surface area contributed by atoms with Crippen molar-refractivity contribution in [2.24, 2.45) is 0 Å². The van der Waals surface area contributed by atoms with Gasteiger partial charge in [0.25, 0.3) is 0 Å². The fourth-order valence-corrected chi connectivity index (χ4v) is 3.67. The summed E-state index contributed by atoms with van der Waals surface area (Å²) in [6, 6.07) is 30.1. The lowest BCUT2D eigenvalue weighted by atomic mass is 10.0. The van der Waals surface area contributed by atoms with Crippen LogP contribution < -0.4 is 9.47 Å². The molecule has 8 rings (SSSR count). The molecule has 0 fully saturated rings. The second kappa shape index (κ2) is 11.9. The monoisotopic (exact) mass is 496 g/mol. The zero-order chi connectivity index (χ0) is 26.2. The number of ether oxygens (including phenoxy) is 2. The van der Waals surface area contributed by atoms with Gasteiger partial charge in [-0.25, -0.2) is 0 Å². The molecule has 0 aromatic heterocycles. The number of hydrogen-bond acceptors (Lipinski definition) is 4. The van der Waals surface area contributed by atoms with Gasteiger partial charge in [-0.1, -0.05) is 59.8 Å². The van der Waals surface area contributed by atoms with Crippen LogP contribution in [0.1, 0.15) is 33.4 Å². The first-order chi connectivity index (χ1) is 18.6. The highest BCUT2D eigenvalue weighted by atomic mass is 16.5. The van der Waals surface area contributed by atoms with Gasteiger partial charge in [-0.05, 0) is 72.8 Å². The van der Waals surface area contributed by atoms with Crippen molar-refractivity contribution in [1.29, 1.82) is 0 Å². The number of benzene rings is 4. The minimum Gasteiger partial charge on any atom is -0.491 e. The summed E-state index contributed by atoms with van der Waals surface area (Å²) in [7, 11) is 0. The average molecular weight is 497 g/mol. The summed E-state index contributed by atoms with van der Waals surface area (Å²) < 4.78 is 11.3. The van der Waals surface area contributed by atoms with Crippen LogP contribution >= 0.6 is 0 Å². The largest absolute Gasteiger partial charge is 0.491 e. The fourth-order valence-electron chi connectivity index (χ4n) is 3.67. The molecule has 4 aromatic rings. The first-order valence-corrected chi connectivity index (χ1v) is 12.2. The van der Waals surface area contributed by atoms with Crippen LogP contribution in [-0.2, 0) is 0 Å². The summed E-state index contributed by atoms with van der Waals surface area (Å²) in [5, 5.41) is 20.6. The molecule has 4 aromatic carbocycles. The highest BCUT2D eigenvalue weighted by molar-refractivity contribution is 5.58. The van der Waals surface area contributed by atoms with Crippen LogP contribution in [0.2, 0.25) is 0 Å². The lowest BCUT2D eigenvalue weighted by Gasteiger charge is -2.19. The Morgan fingerprint density at radius 2 is 0.763 bits per heavy atom. The van der Waals surface area contributed by atoms with Crippen LogP contribution in [0.15, 0.2) is 97.1 Å². The van der Waals surface area contributed by atoms with Gasteiger partial charge in [-0.15, -0.1) is 0 Å². The molecule has 4 aliphatic rings. The Balaban J connectivity index is 1.51. The molecule has 2 atom stereocenters. The van der Waals surface area contributed by atoms with Gasteiger partial charge in [0, 0.05) is 33.4 Å². The van der Waals surface area contributed by atoms with Gasteiger partial charge >= 0.3 is 0 Å². The van der Waals surface area contributed by atoms with Crippen molar-refractivity contribution in [3.8, 4) is 47.0 Å². The van der Waals surface area contributed by atoms with Gasteiger partial charge in [0.2, 0.25) is 0 Å². The first-order valence-electron chi connectivity index (χ1n) is 12.2. The van der Waals surface area contributed by atoms with E-state index in [-0.39, 0.29) is 13.2 Å². The average Bonchev–Trinajstić information content (AvgIpc) is 2.97. The molecule has 0 saturated carbocycles. The number of hydrogen-bond donors (Lipinski definition) is 2. The van der Waals surface area contributed by atoms with E-state index in [0.29, 0.717) is 11.5 Å². The van der Waals surface area contributed by atoms with E-state index >= 15 is 0 Å². The molecule has 184 valence electrons. The second-order valence-electron chi connectivity index (χ2n) is 8.65. The van der Waals surface area contributed by atoms with Gasteiger partial charge in [0.15, 0.2) is 0 Å². The molecule has 0 amide bonds. The lowest BCUT2D eigenvalue weighted by molar-refractivity contribution is -0.0288. The van der Waals surface area contributed by atoms with Gasteiger partial charge in [0.1, 0.15) is 36.9 Å². The van der Waals surface area contributed by atoms with Crippen molar-refractivity contribution < 1.29 is 19.7 Å². The highest BCUT2D eigenvalue weighted by Gasteiger charge is 2.18. The van der Waals surface area contributed by atoms with E-state index in [1.807, 2.05) is 72.8 Å². The quantitative estimate of drug-likeness (QED) is 0.355. The predicted octanol–water partition coefficient (Wildman–Crippen LogP) is 4.38. The molecule has 38 heavy (non-hydrogen) atoms. The smallest absolute Gasteiger partial charge is 0.119 e. The van der Waals surface area contributed by atoms with Crippen LogP contribution in [0.3, 0.4) is 0 Å². The molecule has 0 aliphatic carbocycles. The minimum absolute atomic E-state index is 0.0718. The molecule has 4 nitrogen and oxygen atoms in total. The maximum atomic E-state index is 10.3. The van der Waals surface area contributed by atoms with E-state index in [2.05, 4.69) is 35.5 Å². The zero-order valence-corrected chi connectivity index (χ0v) is 20.5. The van der Waals surface area contributed by atoms with Crippen molar-refractivity contribution in [2.45, 2.75) is 12.2 Å². The topological polar surface area (TPSA) is 58.9 Å². The van der Waals surface area contributed by atoms with Crippen molar-refractivity contribution in [1.82, 2.24) is 0 Å². The number of aliphatic hydroxyl groups excluding tert-OH is 2. The Labute approximate surface area is 222 Å². The third kappa shape index (κ3) is 6.44. The summed E-state index contributed by atoms with van der Waals surface area (Å²) in [6.07, 6.45) is -2.22. The van der Waals surface area contributed by atoms with Crippen molar-refractivity contribution in [3.63, 3.8) is 0 Å². The predicted molar refractivity (Wildman–Crippen MR) is 147 cm³/mol. The molecule has 4 bridgehead atoms. The molecule has 4 heterocycles. The minimum atomic E-state index is -1.11. The molecule has 0 spiro atoms. The third-order valence-electron chi connectivity index (χ3n) is 5.86. The maximum absolute atomic E-state index is 10.3. The van der Waals surface area contributed by atoms with Crippen LogP contribution in [0.5, 0.6) is 11.5 Å². The summed E-state index contributed by atoms with van der Waals surface area (Å²) in [6.45, 7) is -0.144. The highest BCUT2D eigenvalue weighted by Crippen LogP contribution is 2.16. The molecule has 0 radical (unpaired) electrons. The summed E-state index contributed by atoms with van der Waals surface area (Å²) in [5.41, 5.74) is 4.96. The van der Waals surface area contributed by atoms with Crippen molar-refractivity contribution in [2.75, 3.05) is 13.2 Å². The van der Waals surface area contributed by atoms with E-state index < -0.39 is 12.2 Å². The van der Waals surface area contributed by atoms with E-state index in [0.717, 1.165) is 33.4 Å². The van der Waals surface area contributed by atoms with Gasteiger partial charge < -0.3 is 19.7 Å². The van der Waals surface area contributed by atoms with Crippen LogP contribution in [0.25, 0.3) is 0 Å². The number of rotatable bonds is 0. The van der Waals surface area contributed by atoms with Crippen LogP contribution in [0, 0.1) is 35.5 Å². The SMILES string of the molecule is O[C@H]1COc2ccc(cc2)C#Cc2ccccc2C#Cc2ccccc2C#Cc2ccc(cc2)OC[C@@H]1O. The molecule has 2 N–H and O–H groups in total. The zero-order valence-electron chi connectivity index (χ0n) is 20.5. The maximum Gasteiger partial charge on any atom is 0.119 e. The Bertz CT molecular complexity index is 1480. The Morgan fingerprint density at radius 1 is 0.447 bits per heavy atom. The van der Waals surface area contributed by atoms with Gasteiger partial charge in [-0.3, -0.25) is 0 Å². The van der Waals surface area contributed by atoms with Crippen molar-refractivity contribution >= 4 is 0 Å². The molecule has 0 saturated heterocycles.